The van der Waals surface area contributed by atoms with E-state index in [2.05, 4.69) is 13.8 Å². The molecule has 0 aromatic carbocycles. The maximum absolute atomic E-state index is 12.0. The van der Waals surface area contributed by atoms with E-state index >= 15 is 0 Å². The van der Waals surface area contributed by atoms with Crippen LogP contribution in [-0.2, 0) is 4.79 Å². The van der Waals surface area contributed by atoms with Crippen LogP contribution in [0.5, 0.6) is 0 Å². The molecule has 27 heavy (non-hydrogen) atoms. The average molecular weight is 367 g/mol. The van der Waals surface area contributed by atoms with E-state index in [1.165, 1.54) is 37.7 Å². The van der Waals surface area contributed by atoms with Crippen LogP contribution in [0.15, 0.2) is 38.8 Å². The zero-order valence-electron chi connectivity index (χ0n) is 16.6. The van der Waals surface area contributed by atoms with Crippen molar-refractivity contribution in [3.8, 4) is 0 Å². The molecule has 0 radical (unpaired) electrons. The van der Waals surface area contributed by atoms with Crippen molar-refractivity contribution in [2.45, 2.75) is 77.6 Å². The standard InChI is InChI=1S/C24H30O3/c1-23-11-9-17(25)13-16(23)4-5-18-20-7-6-19(15-3-8-22(26)27-14-15)24(20,2)12-10-21(18)23/h3,8,14,16,19,21H,4-7,9-13H2,1-2H3/t16-,19-,21+,23+,24-/m1/s1. The van der Waals surface area contributed by atoms with Gasteiger partial charge in [0.1, 0.15) is 5.78 Å². The first-order valence-corrected chi connectivity index (χ1v) is 10.7. The molecule has 0 N–H and O–H groups in total. The molecule has 5 atom stereocenters. The third-order valence-electron chi connectivity index (χ3n) is 8.93. The predicted molar refractivity (Wildman–Crippen MR) is 104 cm³/mol. The molecule has 0 unspecified atom stereocenters. The van der Waals surface area contributed by atoms with Gasteiger partial charge >= 0.3 is 5.63 Å². The monoisotopic (exact) mass is 366 g/mol. The molecule has 3 heteroatoms. The van der Waals surface area contributed by atoms with Crippen LogP contribution in [0, 0.1) is 22.7 Å². The van der Waals surface area contributed by atoms with Crippen LogP contribution >= 0.6 is 0 Å². The normalized spacial score (nSPS) is 41.1. The number of hydrogen-bond donors (Lipinski definition) is 0. The minimum atomic E-state index is -0.262. The quantitative estimate of drug-likeness (QED) is 0.625. The lowest BCUT2D eigenvalue weighted by atomic mass is 9.49. The van der Waals surface area contributed by atoms with E-state index in [-0.39, 0.29) is 11.0 Å². The first kappa shape index (κ1) is 17.5. The Hall–Kier alpha value is -1.64. The number of ketones is 1. The average Bonchev–Trinajstić information content (AvgIpc) is 3.00. The summed E-state index contributed by atoms with van der Waals surface area (Å²) in [6.07, 6.45) is 11.6. The number of fused-ring (bicyclic) bond motifs is 4. The van der Waals surface area contributed by atoms with Crippen LogP contribution in [0.2, 0.25) is 0 Å². The number of carbonyl (C=O) groups is 1. The summed E-state index contributed by atoms with van der Waals surface area (Å²) in [5.41, 5.74) is 4.92. The lowest BCUT2D eigenvalue weighted by molar-refractivity contribution is -0.127. The molecule has 5 rings (SSSR count). The molecule has 1 heterocycles. The second-order valence-electron chi connectivity index (χ2n) is 9.98. The maximum Gasteiger partial charge on any atom is 0.335 e. The zero-order chi connectivity index (χ0) is 18.8. The van der Waals surface area contributed by atoms with Crippen molar-refractivity contribution in [2.75, 3.05) is 0 Å². The molecule has 1 aromatic rings. The van der Waals surface area contributed by atoms with E-state index in [9.17, 15) is 9.59 Å². The van der Waals surface area contributed by atoms with Gasteiger partial charge in [-0.1, -0.05) is 25.0 Å². The third kappa shape index (κ3) is 2.46. The van der Waals surface area contributed by atoms with E-state index < -0.39 is 0 Å². The first-order valence-electron chi connectivity index (χ1n) is 10.7. The molecule has 3 fully saturated rings. The van der Waals surface area contributed by atoms with Crippen molar-refractivity contribution in [3.63, 3.8) is 0 Å². The Kier molecular flexibility index (Phi) is 3.83. The molecule has 0 saturated heterocycles. The number of hydrogen-bond acceptors (Lipinski definition) is 3. The SMILES string of the molecule is C[C@]12CCC(=O)C[C@H]1CCC1=C3CC[C@H](c4ccc(=O)oc4)[C@@]3(C)CC[C@@H]12. The highest BCUT2D eigenvalue weighted by atomic mass is 16.4. The second-order valence-corrected chi connectivity index (χ2v) is 9.98. The Morgan fingerprint density at radius 1 is 0.963 bits per heavy atom. The van der Waals surface area contributed by atoms with Crippen LogP contribution in [0.4, 0.5) is 0 Å². The topological polar surface area (TPSA) is 47.3 Å². The van der Waals surface area contributed by atoms with Gasteiger partial charge in [-0.15, -0.1) is 0 Å². The van der Waals surface area contributed by atoms with E-state index in [1.807, 2.05) is 6.07 Å². The number of carbonyl (C=O) groups excluding carboxylic acids is 1. The van der Waals surface area contributed by atoms with Crippen molar-refractivity contribution in [3.05, 3.63) is 45.5 Å². The van der Waals surface area contributed by atoms with E-state index in [0.29, 0.717) is 29.0 Å². The fraction of sp³-hybridized carbons (Fsp3) is 0.667. The highest BCUT2D eigenvalue weighted by molar-refractivity contribution is 5.79. The summed E-state index contributed by atoms with van der Waals surface area (Å²) in [5.74, 6) is 2.22. The smallest absolute Gasteiger partial charge is 0.335 e. The highest BCUT2D eigenvalue weighted by Gasteiger charge is 2.55. The van der Waals surface area contributed by atoms with E-state index in [4.69, 9.17) is 4.42 Å². The van der Waals surface area contributed by atoms with Gasteiger partial charge < -0.3 is 4.42 Å². The minimum Gasteiger partial charge on any atom is -0.431 e. The molecule has 0 amide bonds. The van der Waals surface area contributed by atoms with Gasteiger partial charge in [0.25, 0.3) is 0 Å². The molecule has 3 saturated carbocycles. The first-order chi connectivity index (χ1) is 12.9. The van der Waals surface area contributed by atoms with Gasteiger partial charge in [-0.3, -0.25) is 4.79 Å². The molecule has 1 aromatic heterocycles. The van der Waals surface area contributed by atoms with Crippen LogP contribution < -0.4 is 5.63 Å². The Morgan fingerprint density at radius 2 is 1.81 bits per heavy atom. The fourth-order valence-electron chi connectivity index (χ4n) is 7.38. The largest absolute Gasteiger partial charge is 0.431 e. The van der Waals surface area contributed by atoms with Crippen molar-refractivity contribution in [2.24, 2.45) is 22.7 Å². The van der Waals surface area contributed by atoms with Gasteiger partial charge in [-0.05, 0) is 85.2 Å². The summed E-state index contributed by atoms with van der Waals surface area (Å²) in [7, 11) is 0. The van der Waals surface area contributed by atoms with E-state index in [0.717, 1.165) is 25.7 Å². The van der Waals surface area contributed by atoms with Crippen molar-refractivity contribution in [1.29, 1.82) is 0 Å². The summed E-state index contributed by atoms with van der Waals surface area (Å²) in [6.45, 7) is 4.93. The molecule has 4 aliphatic carbocycles. The number of Topliss-reactive ketones (excluding diaryl/α,β-unsaturated/α-hetero) is 1. The van der Waals surface area contributed by atoms with Gasteiger partial charge in [-0.2, -0.15) is 0 Å². The highest BCUT2D eigenvalue weighted by Crippen LogP contribution is 2.66. The maximum atomic E-state index is 12.0. The molecular weight excluding hydrogens is 336 g/mol. The molecule has 0 aliphatic heterocycles. The summed E-state index contributed by atoms with van der Waals surface area (Å²) >= 11 is 0. The van der Waals surface area contributed by atoms with Crippen LogP contribution in [0.25, 0.3) is 0 Å². The Labute approximate surface area is 161 Å². The summed E-state index contributed by atoms with van der Waals surface area (Å²) in [6, 6.07) is 3.55. The van der Waals surface area contributed by atoms with E-state index in [1.54, 1.807) is 23.5 Å². The fourth-order valence-corrected chi connectivity index (χ4v) is 7.38. The Balaban J connectivity index is 1.52. The van der Waals surface area contributed by atoms with Gasteiger partial charge in [0, 0.05) is 18.9 Å². The lowest BCUT2D eigenvalue weighted by Gasteiger charge is -2.55. The molecule has 144 valence electrons. The van der Waals surface area contributed by atoms with Crippen molar-refractivity contribution >= 4 is 5.78 Å². The molecule has 0 bridgehead atoms. The Bertz CT molecular complexity index is 857. The van der Waals surface area contributed by atoms with Gasteiger partial charge in [0.05, 0.1) is 6.26 Å². The van der Waals surface area contributed by atoms with Gasteiger partial charge in [-0.25, -0.2) is 4.79 Å². The van der Waals surface area contributed by atoms with Crippen molar-refractivity contribution < 1.29 is 9.21 Å². The van der Waals surface area contributed by atoms with Crippen LogP contribution in [0.3, 0.4) is 0 Å². The summed E-state index contributed by atoms with van der Waals surface area (Å²) in [5, 5.41) is 0. The summed E-state index contributed by atoms with van der Waals surface area (Å²) < 4.78 is 5.20. The number of rotatable bonds is 1. The minimum absolute atomic E-state index is 0.208. The number of allylic oxidation sites excluding steroid dienone is 2. The summed E-state index contributed by atoms with van der Waals surface area (Å²) in [4.78, 5) is 23.4. The van der Waals surface area contributed by atoms with Gasteiger partial charge in [0.15, 0.2) is 0 Å². The van der Waals surface area contributed by atoms with Gasteiger partial charge in [0.2, 0.25) is 0 Å². The molecule has 3 nitrogen and oxygen atoms in total. The van der Waals surface area contributed by atoms with Crippen LogP contribution in [-0.4, -0.2) is 5.78 Å². The Morgan fingerprint density at radius 3 is 2.59 bits per heavy atom. The molecule has 0 spiro atoms. The molecule has 4 aliphatic rings. The third-order valence-corrected chi connectivity index (χ3v) is 8.93. The lowest BCUT2D eigenvalue weighted by Crippen LogP contribution is -2.47. The predicted octanol–water partition coefficient (Wildman–Crippen LogP) is 5.40. The molecular formula is C24H30O3. The second kappa shape index (κ2) is 5.93. The zero-order valence-corrected chi connectivity index (χ0v) is 16.6. The van der Waals surface area contributed by atoms with Crippen molar-refractivity contribution in [1.82, 2.24) is 0 Å². The van der Waals surface area contributed by atoms with Crippen LogP contribution in [0.1, 0.15) is 83.1 Å².